The lowest BCUT2D eigenvalue weighted by molar-refractivity contribution is -0.121. The Balaban J connectivity index is 1.44. The Morgan fingerprint density at radius 1 is 1.07 bits per heavy atom. The Bertz CT molecular complexity index is 988. The summed E-state index contributed by atoms with van der Waals surface area (Å²) in [5, 5.41) is 3.05. The number of hydrogen-bond acceptors (Lipinski definition) is 6. The minimum atomic E-state index is -3.19. The fourth-order valence-corrected chi connectivity index (χ4v) is 5.27. The van der Waals surface area contributed by atoms with Crippen molar-refractivity contribution in [3.05, 3.63) is 46.2 Å². The number of hydrogen-bond donors (Lipinski definition) is 1. The second kappa shape index (κ2) is 9.75. The molecule has 6 nitrogen and oxygen atoms in total. The summed E-state index contributed by atoms with van der Waals surface area (Å²) in [6, 6.07) is 10.9. The van der Waals surface area contributed by atoms with Crippen LogP contribution >= 0.6 is 11.3 Å². The number of carbonyl (C=O) groups is 2. The lowest BCUT2D eigenvalue weighted by Gasteiger charge is -2.34. The third-order valence-corrected chi connectivity index (χ3v) is 8.19. The van der Waals surface area contributed by atoms with Crippen molar-refractivity contribution in [2.45, 2.75) is 50.5 Å². The fourth-order valence-electron chi connectivity index (χ4n) is 3.55. The van der Waals surface area contributed by atoms with Crippen LogP contribution in [0.4, 0.5) is 5.69 Å². The van der Waals surface area contributed by atoms with Gasteiger partial charge >= 0.3 is 0 Å². The molecule has 0 bridgehead atoms. The van der Waals surface area contributed by atoms with Crippen molar-refractivity contribution in [3.8, 4) is 0 Å². The number of ketones is 1. The summed E-state index contributed by atoms with van der Waals surface area (Å²) in [6.07, 6.45) is 2.08. The molecule has 0 unspecified atom stereocenters. The van der Waals surface area contributed by atoms with Gasteiger partial charge in [-0.05, 0) is 56.2 Å². The van der Waals surface area contributed by atoms with Crippen LogP contribution < -0.4 is 10.2 Å². The summed E-state index contributed by atoms with van der Waals surface area (Å²) in [5.74, 6) is 0.0338. The van der Waals surface area contributed by atoms with Crippen LogP contribution in [0.15, 0.2) is 41.3 Å². The lowest BCUT2D eigenvalue weighted by atomic mass is 10.0. The standard InChI is InChI=1S/C22H28N2O4S2/c1-3-30(27,28)19-7-5-18(6-8-19)24-14-12-17(13-15-24)23-22(26)11-9-20(25)21-10-4-16(2)29-21/h4-8,10,17H,3,9,11-15H2,1-2H3,(H,23,26). The number of thiophene rings is 1. The van der Waals surface area contributed by atoms with Gasteiger partial charge in [0.2, 0.25) is 5.91 Å². The minimum absolute atomic E-state index is 0.0200. The van der Waals surface area contributed by atoms with Gasteiger partial charge in [-0.25, -0.2) is 8.42 Å². The molecule has 0 aliphatic carbocycles. The zero-order valence-corrected chi connectivity index (χ0v) is 19.0. The Morgan fingerprint density at radius 3 is 2.30 bits per heavy atom. The van der Waals surface area contributed by atoms with Crippen LogP contribution in [-0.4, -0.2) is 45.0 Å². The average molecular weight is 449 g/mol. The van der Waals surface area contributed by atoms with E-state index in [2.05, 4.69) is 10.2 Å². The maximum atomic E-state index is 12.2. The number of aryl methyl sites for hydroxylation is 1. The molecule has 1 fully saturated rings. The minimum Gasteiger partial charge on any atom is -0.371 e. The van der Waals surface area contributed by atoms with Crippen LogP contribution in [0.2, 0.25) is 0 Å². The number of nitrogens with one attached hydrogen (secondary N) is 1. The highest BCUT2D eigenvalue weighted by Gasteiger charge is 2.22. The molecule has 1 N–H and O–H groups in total. The van der Waals surface area contributed by atoms with Gasteiger partial charge in [0, 0.05) is 42.5 Å². The molecular formula is C22H28N2O4S2. The monoisotopic (exact) mass is 448 g/mol. The van der Waals surface area contributed by atoms with Crippen LogP contribution in [0.25, 0.3) is 0 Å². The molecule has 8 heteroatoms. The summed E-state index contributed by atoms with van der Waals surface area (Å²) < 4.78 is 23.9. The molecule has 3 rings (SSSR count). The Morgan fingerprint density at radius 2 is 1.73 bits per heavy atom. The third kappa shape index (κ3) is 5.70. The topological polar surface area (TPSA) is 83.6 Å². The zero-order valence-electron chi connectivity index (χ0n) is 17.4. The van der Waals surface area contributed by atoms with E-state index in [0.29, 0.717) is 9.77 Å². The molecule has 2 heterocycles. The number of benzene rings is 1. The van der Waals surface area contributed by atoms with Gasteiger partial charge in [0.05, 0.1) is 15.5 Å². The zero-order chi connectivity index (χ0) is 21.7. The van der Waals surface area contributed by atoms with E-state index < -0.39 is 9.84 Å². The first-order valence-corrected chi connectivity index (χ1v) is 12.7. The van der Waals surface area contributed by atoms with Crippen molar-refractivity contribution >= 4 is 38.6 Å². The summed E-state index contributed by atoms with van der Waals surface area (Å²) in [5.41, 5.74) is 0.992. The lowest BCUT2D eigenvalue weighted by Crippen LogP contribution is -2.44. The van der Waals surface area contributed by atoms with Crippen LogP contribution in [0.5, 0.6) is 0 Å². The number of Topliss-reactive ketones (excluding diaryl/α,β-unsaturated/α-hetero) is 1. The molecule has 0 radical (unpaired) electrons. The van der Waals surface area contributed by atoms with Crippen LogP contribution in [0, 0.1) is 6.92 Å². The Labute approximate surface area is 182 Å². The number of anilines is 1. The maximum Gasteiger partial charge on any atom is 0.220 e. The number of sulfone groups is 1. The molecule has 1 aliphatic rings. The second-order valence-electron chi connectivity index (χ2n) is 7.56. The van der Waals surface area contributed by atoms with Crippen LogP contribution in [0.3, 0.4) is 0 Å². The normalized spacial score (nSPS) is 15.2. The Kier molecular flexibility index (Phi) is 7.31. The molecule has 1 aromatic carbocycles. The molecule has 0 saturated carbocycles. The van der Waals surface area contributed by atoms with Crippen molar-refractivity contribution in [1.82, 2.24) is 5.32 Å². The highest BCUT2D eigenvalue weighted by Crippen LogP contribution is 2.23. The van der Waals surface area contributed by atoms with Gasteiger partial charge in [-0.3, -0.25) is 9.59 Å². The molecule has 30 heavy (non-hydrogen) atoms. The van der Waals surface area contributed by atoms with E-state index in [1.165, 1.54) is 11.3 Å². The first-order chi connectivity index (χ1) is 14.3. The summed E-state index contributed by atoms with van der Waals surface area (Å²) in [7, 11) is -3.19. The first kappa shape index (κ1) is 22.5. The van der Waals surface area contributed by atoms with E-state index in [9.17, 15) is 18.0 Å². The quantitative estimate of drug-likeness (QED) is 0.624. The van der Waals surface area contributed by atoms with Gasteiger partial charge in [-0.2, -0.15) is 0 Å². The average Bonchev–Trinajstić information content (AvgIpc) is 3.19. The summed E-state index contributed by atoms with van der Waals surface area (Å²) in [6.45, 7) is 5.18. The number of nitrogens with zero attached hydrogens (tertiary/aromatic N) is 1. The van der Waals surface area contributed by atoms with E-state index >= 15 is 0 Å². The molecule has 2 aromatic rings. The predicted octanol–water partition coefficient (Wildman–Crippen LogP) is 3.60. The molecule has 1 saturated heterocycles. The number of amides is 1. The number of rotatable bonds is 8. The summed E-state index contributed by atoms with van der Waals surface area (Å²) in [4.78, 5) is 28.7. The molecule has 1 aromatic heterocycles. The smallest absolute Gasteiger partial charge is 0.220 e. The van der Waals surface area contributed by atoms with E-state index in [0.717, 1.165) is 36.5 Å². The van der Waals surface area contributed by atoms with Gasteiger partial charge in [0.25, 0.3) is 0 Å². The van der Waals surface area contributed by atoms with Crippen molar-refractivity contribution in [1.29, 1.82) is 0 Å². The molecule has 1 amide bonds. The van der Waals surface area contributed by atoms with Gasteiger partial charge in [0.1, 0.15) is 0 Å². The van der Waals surface area contributed by atoms with E-state index in [1.54, 1.807) is 19.1 Å². The number of piperidine rings is 1. The van der Waals surface area contributed by atoms with E-state index in [1.807, 2.05) is 31.2 Å². The van der Waals surface area contributed by atoms with Gasteiger partial charge in [-0.15, -0.1) is 11.3 Å². The molecule has 162 valence electrons. The van der Waals surface area contributed by atoms with Gasteiger partial charge in [0.15, 0.2) is 15.6 Å². The fraction of sp³-hybridized carbons (Fsp3) is 0.455. The van der Waals surface area contributed by atoms with Crippen molar-refractivity contribution < 1.29 is 18.0 Å². The third-order valence-electron chi connectivity index (χ3n) is 5.40. The second-order valence-corrected chi connectivity index (χ2v) is 11.1. The van der Waals surface area contributed by atoms with Crippen LogP contribution in [-0.2, 0) is 14.6 Å². The highest BCUT2D eigenvalue weighted by molar-refractivity contribution is 7.91. The predicted molar refractivity (Wildman–Crippen MR) is 120 cm³/mol. The van der Waals surface area contributed by atoms with Crippen molar-refractivity contribution in [2.24, 2.45) is 0 Å². The van der Waals surface area contributed by atoms with Gasteiger partial charge in [-0.1, -0.05) is 6.92 Å². The van der Waals surface area contributed by atoms with Crippen LogP contribution in [0.1, 0.15) is 47.2 Å². The highest BCUT2D eigenvalue weighted by atomic mass is 32.2. The molecular weight excluding hydrogens is 420 g/mol. The Hall–Kier alpha value is -2.19. The number of carbonyl (C=O) groups excluding carboxylic acids is 2. The molecule has 0 atom stereocenters. The van der Waals surface area contributed by atoms with E-state index in [-0.39, 0.29) is 36.3 Å². The molecule has 1 aliphatic heterocycles. The maximum absolute atomic E-state index is 12.2. The van der Waals surface area contributed by atoms with Crippen molar-refractivity contribution in [2.75, 3.05) is 23.7 Å². The molecule has 0 spiro atoms. The van der Waals surface area contributed by atoms with E-state index in [4.69, 9.17) is 0 Å². The first-order valence-electron chi connectivity index (χ1n) is 10.3. The largest absolute Gasteiger partial charge is 0.371 e. The summed E-state index contributed by atoms with van der Waals surface area (Å²) >= 11 is 1.46. The van der Waals surface area contributed by atoms with Crippen molar-refractivity contribution in [3.63, 3.8) is 0 Å². The SMILES string of the molecule is CCS(=O)(=O)c1ccc(N2CCC(NC(=O)CCC(=O)c3ccc(C)s3)CC2)cc1. The van der Waals surface area contributed by atoms with Gasteiger partial charge < -0.3 is 10.2 Å².